The molecule has 0 radical (unpaired) electrons. The number of carbonyl (C=O) groups is 3. The number of nitrogens with zero attached hydrogens (tertiary/aromatic N) is 3. The minimum atomic E-state index is -1.47. The van der Waals surface area contributed by atoms with E-state index in [1.165, 1.54) is 6.07 Å². The fourth-order valence-corrected chi connectivity index (χ4v) is 2.66. The van der Waals surface area contributed by atoms with Gasteiger partial charge >= 0.3 is 17.9 Å². The summed E-state index contributed by atoms with van der Waals surface area (Å²) < 4.78 is 0.992. The van der Waals surface area contributed by atoms with Crippen molar-refractivity contribution in [3.8, 4) is 11.1 Å². The van der Waals surface area contributed by atoms with Crippen molar-refractivity contribution in [2.45, 2.75) is 6.54 Å². The van der Waals surface area contributed by atoms with E-state index in [-0.39, 0.29) is 24.5 Å². The predicted molar refractivity (Wildman–Crippen MR) is 99.1 cm³/mol. The van der Waals surface area contributed by atoms with Gasteiger partial charge < -0.3 is 15.3 Å². The lowest BCUT2D eigenvalue weighted by atomic mass is 9.99. The zero-order chi connectivity index (χ0) is 19.6. The number of aromatic nitrogens is 3. The van der Waals surface area contributed by atoms with E-state index in [9.17, 15) is 24.6 Å². The number of benzene rings is 2. The highest BCUT2D eigenvalue weighted by Crippen LogP contribution is 2.24. The minimum Gasteiger partial charge on any atom is -0.478 e. The molecule has 0 spiro atoms. The van der Waals surface area contributed by atoms with Gasteiger partial charge in [-0.05, 0) is 22.8 Å². The van der Waals surface area contributed by atoms with Crippen molar-refractivity contribution in [2.24, 2.45) is 0 Å². The highest BCUT2D eigenvalue weighted by Gasteiger charge is 2.24. The normalized spacial score (nSPS) is 10.1. The van der Waals surface area contributed by atoms with Gasteiger partial charge in [-0.2, -0.15) is 0 Å². The molecule has 1 aromatic heterocycles. The van der Waals surface area contributed by atoms with Gasteiger partial charge in [-0.1, -0.05) is 47.7 Å². The largest absolute Gasteiger partial charge is 0.478 e. The molecule has 3 aromatic rings. The molecule has 0 saturated heterocycles. The summed E-state index contributed by atoms with van der Waals surface area (Å²) in [6.45, 7) is 0.00275. The van der Waals surface area contributed by atoms with Crippen molar-refractivity contribution >= 4 is 30.3 Å². The average molecular weight is 404 g/mol. The second kappa shape index (κ2) is 8.31. The van der Waals surface area contributed by atoms with Gasteiger partial charge in [0.15, 0.2) is 5.69 Å². The molecule has 3 rings (SSSR count). The molecule has 9 nitrogen and oxygen atoms in total. The Morgan fingerprint density at radius 2 is 1.50 bits per heavy atom. The third-order valence-corrected chi connectivity index (χ3v) is 3.90. The van der Waals surface area contributed by atoms with Crippen LogP contribution in [0.5, 0.6) is 0 Å². The van der Waals surface area contributed by atoms with E-state index in [2.05, 4.69) is 10.3 Å². The molecule has 0 fully saturated rings. The maximum absolute atomic E-state index is 11.3. The van der Waals surface area contributed by atoms with Crippen LogP contribution in [0.15, 0.2) is 48.5 Å². The van der Waals surface area contributed by atoms with Crippen LogP contribution in [0.3, 0.4) is 0 Å². The quantitative estimate of drug-likeness (QED) is 0.569. The van der Waals surface area contributed by atoms with Crippen molar-refractivity contribution in [3.63, 3.8) is 0 Å². The van der Waals surface area contributed by atoms with Gasteiger partial charge in [-0.3, -0.25) is 0 Å². The molecule has 10 heteroatoms. The average Bonchev–Trinajstić information content (AvgIpc) is 3.06. The van der Waals surface area contributed by atoms with Crippen molar-refractivity contribution in [3.05, 3.63) is 71.0 Å². The van der Waals surface area contributed by atoms with E-state index in [0.717, 1.165) is 4.68 Å². The third-order valence-electron chi connectivity index (χ3n) is 3.90. The third kappa shape index (κ3) is 3.99. The SMILES string of the molecule is Cl.O=C(O)c1ccccc1-c1ccc(Cn2nnc(C(=O)O)c2C(=O)O)cc1. The Morgan fingerprint density at radius 1 is 0.857 bits per heavy atom. The van der Waals surface area contributed by atoms with Gasteiger partial charge in [0, 0.05) is 0 Å². The van der Waals surface area contributed by atoms with Crippen LogP contribution in [0.1, 0.15) is 36.9 Å². The molecule has 0 aliphatic rings. The van der Waals surface area contributed by atoms with Crippen LogP contribution >= 0.6 is 12.4 Å². The summed E-state index contributed by atoms with van der Waals surface area (Å²) in [5.74, 6) is -3.95. The summed E-state index contributed by atoms with van der Waals surface area (Å²) in [5.41, 5.74) is 0.908. The fourth-order valence-electron chi connectivity index (χ4n) is 2.66. The maximum Gasteiger partial charge on any atom is 0.359 e. The Morgan fingerprint density at radius 3 is 2.07 bits per heavy atom. The lowest BCUT2D eigenvalue weighted by Gasteiger charge is -2.08. The lowest BCUT2D eigenvalue weighted by molar-refractivity contribution is 0.0640. The van der Waals surface area contributed by atoms with E-state index in [0.29, 0.717) is 16.7 Å². The number of hydrogen-bond acceptors (Lipinski definition) is 5. The van der Waals surface area contributed by atoms with Gasteiger partial charge in [-0.25, -0.2) is 19.1 Å². The summed E-state index contributed by atoms with van der Waals surface area (Å²) in [6.07, 6.45) is 0. The number of halogens is 1. The van der Waals surface area contributed by atoms with Crippen LogP contribution in [0, 0.1) is 0 Å². The molecule has 2 aromatic carbocycles. The number of aromatic carboxylic acids is 3. The molecular formula is C18H14ClN3O6. The first kappa shape index (κ1) is 20.6. The number of carboxylic acid groups (broad SMARTS) is 3. The van der Waals surface area contributed by atoms with E-state index < -0.39 is 29.3 Å². The standard InChI is InChI=1S/C18H13N3O6.ClH/c22-16(23)13-4-2-1-3-12(13)11-7-5-10(6-8-11)9-21-15(18(26)27)14(17(24)25)19-20-21;/h1-8H,9H2,(H,22,23)(H,24,25)(H,26,27);1H. The Balaban J connectivity index is 0.00000280. The van der Waals surface area contributed by atoms with Gasteiger partial charge in [0.05, 0.1) is 12.1 Å². The van der Waals surface area contributed by atoms with Crippen LogP contribution in [0.2, 0.25) is 0 Å². The number of rotatable bonds is 6. The van der Waals surface area contributed by atoms with Crippen LogP contribution < -0.4 is 0 Å². The predicted octanol–water partition coefficient (Wildman–Crippen LogP) is 2.51. The molecule has 0 amide bonds. The van der Waals surface area contributed by atoms with Crippen LogP contribution in [-0.4, -0.2) is 48.2 Å². The van der Waals surface area contributed by atoms with E-state index in [1.807, 2.05) is 0 Å². The molecule has 0 aliphatic heterocycles. The summed E-state index contributed by atoms with van der Waals surface area (Å²) >= 11 is 0. The smallest absolute Gasteiger partial charge is 0.359 e. The van der Waals surface area contributed by atoms with Crippen LogP contribution in [0.4, 0.5) is 0 Å². The van der Waals surface area contributed by atoms with Gasteiger partial charge in [0.1, 0.15) is 0 Å². The fraction of sp³-hybridized carbons (Fsp3) is 0.0556. The van der Waals surface area contributed by atoms with E-state index in [1.54, 1.807) is 42.5 Å². The molecular weight excluding hydrogens is 390 g/mol. The Labute approximate surface area is 164 Å². The molecule has 0 bridgehead atoms. The first-order valence-electron chi connectivity index (χ1n) is 7.70. The van der Waals surface area contributed by atoms with Crippen LogP contribution in [0.25, 0.3) is 11.1 Å². The molecule has 0 aliphatic carbocycles. The molecule has 0 saturated carbocycles. The zero-order valence-electron chi connectivity index (χ0n) is 14.1. The van der Waals surface area contributed by atoms with Gasteiger partial charge in [0.25, 0.3) is 0 Å². The lowest BCUT2D eigenvalue weighted by Crippen LogP contribution is -2.14. The Hall–Kier alpha value is -3.72. The van der Waals surface area contributed by atoms with Crippen molar-refractivity contribution in [2.75, 3.05) is 0 Å². The van der Waals surface area contributed by atoms with Gasteiger partial charge in [-0.15, -0.1) is 17.5 Å². The van der Waals surface area contributed by atoms with Crippen LogP contribution in [-0.2, 0) is 6.54 Å². The summed E-state index contributed by atoms with van der Waals surface area (Å²) in [7, 11) is 0. The maximum atomic E-state index is 11.3. The first-order chi connectivity index (χ1) is 12.9. The molecule has 0 unspecified atom stereocenters. The molecule has 3 N–H and O–H groups in total. The second-order valence-electron chi connectivity index (χ2n) is 5.60. The van der Waals surface area contributed by atoms with E-state index in [4.69, 9.17) is 5.11 Å². The number of hydrogen-bond donors (Lipinski definition) is 3. The second-order valence-corrected chi connectivity index (χ2v) is 5.60. The van der Waals surface area contributed by atoms with Gasteiger partial charge in [0.2, 0.25) is 5.69 Å². The highest BCUT2D eigenvalue weighted by molar-refractivity contribution is 5.98. The minimum absolute atomic E-state index is 0. The zero-order valence-corrected chi connectivity index (χ0v) is 15.0. The highest BCUT2D eigenvalue weighted by atomic mass is 35.5. The monoisotopic (exact) mass is 403 g/mol. The summed E-state index contributed by atoms with van der Waals surface area (Å²) in [4.78, 5) is 33.7. The first-order valence-corrected chi connectivity index (χ1v) is 7.70. The Bertz CT molecular complexity index is 1050. The molecule has 1 heterocycles. The van der Waals surface area contributed by atoms with Crippen molar-refractivity contribution in [1.82, 2.24) is 15.0 Å². The van der Waals surface area contributed by atoms with E-state index >= 15 is 0 Å². The Kier molecular flexibility index (Phi) is 6.11. The topological polar surface area (TPSA) is 143 Å². The number of carboxylic acids is 3. The van der Waals surface area contributed by atoms with Crippen molar-refractivity contribution < 1.29 is 29.7 Å². The molecule has 0 atom stereocenters. The molecule has 28 heavy (non-hydrogen) atoms. The van der Waals surface area contributed by atoms with Crippen molar-refractivity contribution in [1.29, 1.82) is 0 Å². The summed E-state index contributed by atoms with van der Waals surface area (Å²) in [6, 6.07) is 13.3. The molecule has 144 valence electrons. The summed E-state index contributed by atoms with van der Waals surface area (Å²) in [5, 5.41) is 34.5.